The molecule has 0 bridgehead atoms. The van der Waals surface area contributed by atoms with Crippen molar-refractivity contribution >= 4 is 5.97 Å². The Balaban J connectivity index is 2.10. The zero-order valence-electron chi connectivity index (χ0n) is 9.53. The topological polar surface area (TPSA) is 44.8 Å². The molecule has 1 aliphatic rings. The molecule has 15 heavy (non-hydrogen) atoms. The van der Waals surface area contributed by atoms with Crippen molar-refractivity contribution in [2.24, 2.45) is 0 Å². The van der Waals surface area contributed by atoms with E-state index >= 15 is 0 Å². The molecule has 0 aromatic carbocycles. The monoisotopic (exact) mass is 216 g/mol. The average molecular weight is 216 g/mol. The lowest BCUT2D eigenvalue weighted by Crippen LogP contribution is -2.33. The molecular weight excluding hydrogens is 196 g/mol. The molecule has 2 atom stereocenters. The van der Waals surface area contributed by atoms with E-state index in [1.165, 1.54) is 6.92 Å². The molecule has 0 aromatic rings. The van der Waals surface area contributed by atoms with Gasteiger partial charge in [-0.15, -0.1) is 0 Å². The number of hydrogen-bond acceptors (Lipinski definition) is 4. The predicted molar refractivity (Wildman–Crippen MR) is 55.4 cm³/mol. The SMILES string of the molecule is CCCCO[C@H]1CCC(OC(C)=O)OC1. The number of carbonyl (C=O) groups excluding carboxylic acids is 1. The summed E-state index contributed by atoms with van der Waals surface area (Å²) in [5, 5.41) is 0. The van der Waals surface area contributed by atoms with Crippen molar-refractivity contribution in [1.29, 1.82) is 0 Å². The van der Waals surface area contributed by atoms with Crippen LogP contribution in [0, 0.1) is 0 Å². The summed E-state index contributed by atoms with van der Waals surface area (Å²) in [5.41, 5.74) is 0. The summed E-state index contributed by atoms with van der Waals surface area (Å²) in [5.74, 6) is -0.287. The molecule has 1 heterocycles. The van der Waals surface area contributed by atoms with Gasteiger partial charge in [-0.25, -0.2) is 0 Å². The molecule has 0 N–H and O–H groups in total. The molecule has 0 amide bonds. The van der Waals surface area contributed by atoms with Crippen molar-refractivity contribution in [3.05, 3.63) is 0 Å². The third-order valence-corrected chi connectivity index (χ3v) is 2.34. The quantitative estimate of drug-likeness (QED) is 0.520. The van der Waals surface area contributed by atoms with Gasteiger partial charge in [0.1, 0.15) is 0 Å². The lowest BCUT2D eigenvalue weighted by Gasteiger charge is -2.28. The van der Waals surface area contributed by atoms with E-state index < -0.39 is 0 Å². The molecule has 0 radical (unpaired) electrons. The summed E-state index contributed by atoms with van der Waals surface area (Å²) in [6, 6.07) is 0. The van der Waals surface area contributed by atoms with E-state index in [0.717, 1.165) is 32.3 Å². The van der Waals surface area contributed by atoms with E-state index in [9.17, 15) is 4.79 Å². The van der Waals surface area contributed by atoms with Gasteiger partial charge in [-0.2, -0.15) is 0 Å². The first-order chi connectivity index (χ1) is 7.22. The van der Waals surface area contributed by atoms with E-state index in [1.807, 2.05) is 0 Å². The molecule has 4 heteroatoms. The first kappa shape index (κ1) is 12.5. The third kappa shape index (κ3) is 5.14. The van der Waals surface area contributed by atoms with Gasteiger partial charge in [-0.1, -0.05) is 13.3 Å². The Bertz CT molecular complexity index is 185. The Kier molecular flexibility index (Phi) is 5.65. The van der Waals surface area contributed by atoms with Crippen LogP contribution >= 0.6 is 0 Å². The van der Waals surface area contributed by atoms with Gasteiger partial charge in [-0.05, 0) is 12.8 Å². The summed E-state index contributed by atoms with van der Waals surface area (Å²) in [6.07, 6.45) is 3.67. The maximum Gasteiger partial charge on any atom is 0.304 e. The molecule has 0 aliphatic carbocycles. The first-order valence-corrected chi connectivity index (χ1v) is 5.62. The Morgan fingerprint density at radius 2 is 2.27 bits per heavy atom. The maximum absolute atomic E-state index is 10.7. The van der Waals surface area contributed by atoms with Gasteiger partial charge in [0, 0.05) is 20.0 Å². The molecule has 88 valence electrons. The second-order valence-corrected chi connectivity index (χ2v) is 3.80. The van der Waals surface area contributed by atoms with Crippen molar-refractivity contribution < 1.29 is 19.0 Å². The average Bonchev–Trinajstić information content (AvgIpc) is 2.20. The highest BCUT2D eigenvalue weighted by molar-refractivity contribution is 5.66. The van der Waals surface area contributed by atoms with E-state index in [2.05, 4.69) is 6.92 Å². The second-order valence-electron chi connectivity index (χ2n) is 3.80. The Labute approximate surface area is 90.9 Å². The second kappa shape index (κ2) is 6.80. The molecule has 1 saturated heterocycles. The van der Waals surface area contributed by atoms with Gasteiger partial charge in [0.05, 0.1) is 12.7 Å². The molecule has 1 unspecified atom stereocenters. The van der Waals surface area contributed by atoms with Crippen LogP contribution in [-0.4, -0.2) is 31.6 Å². The normalized spacial score (nSPS) is 26.3. The molecule has 0 saturated carbocycles. The minimum absolute atomic E-state index is 0.170. The highest BCUT2D eigenvalue weighted by atomic mass is 16.7. The van der Waals surface area contributed by atoms with Crippen molar-refractivity contribution in [2.45, 2.75) is 51.9 Å². The van der Waals surface area contributed by atoms with Crippen LogP contribution in [0.2, 0.25) is 0 Å². The predicted octanol–water partition coefficient (Wildman–Crippen LogP) is 1.87. The van der Waals surface area contributed by atoms with E-state index in [0.29, 0.717) is 6.61 Å². The minimum Gasteiger partial charge on any atom is -0.436 e. The fraction of sp³-hybridized carbons (Fsp3) is 0.909. The lowest BCUT2D eigenvalue weighted by atomic mass is 10.1. The molecule has 1 rings (SSSR count). The number of hydrogen-bond donors (Lipinski definition) is 0. The minimum atomic E-state index is -0.367. The smallest absolute Gasteiger partial charge is 0.304 e. The maximum atomic E-state index is 10.7. The van der Waals surface area contributed by atoms with Crippen LogP contribution in [0.5, 0.6) is 0 Å². The van der Waals surface area contributed by atoms with Crippen molar-refractivity contribution in [1.82, 2.24) is 0 Å². The Hall–Kier alpha value is -0.610. The summed E-state index contributed by atoms with van der Waals surface area (Å²) >= 11 is 0. The standard InChI is InChI=1S/C11H20O4/c1-3-4-7-13-10-5-6-11(14-8-10)15-9(2)12/h10-11H,3-8H2,1-2H3/t10-,11?/m0/s1. The summed E-state index contributed by atoms with van der Waals surface area (Å²) in [7, 11) is 0. The highest BCUT2D eigenvalue weighted by Gasteiger charge is 2.23. The van der Waals surface area contributed by atoms with Crippen LogP contribution in [0.15, 0.2) is 0 Å². The van der Waals surface area contributed by atoms with Crippen LogP contribution < -0.4 is 0 Å². The lowest BCUT2D eigenvalue weighted by molar-refractivity contribution is -0.200. The largest absolute Gasteiger partial charge is 0.436 e. The first-order valence-electron chi connectivity index (χ1n) is 5.62. The van der Waals surface area contributed by atoms with E-state index in [4.69, 9.17) is 14.2 Å². The number of rotatable bonds is 5. The number of esters is 1. The van der Waals surface area contributed by atoms with Gasteiger partial charge in [0.25, 0.3) is 0 Å². The summed E-state index contributed by atoms with van der Waals surface area (Å²) in [6.45, 7) is 4.86. The Morgan fingerprint density at radius 3 is 2.80 bits per heavy atom. The molecule has 1 fully saturated rings. The van der Waals surface area contributed by atoms with Gasteiger partial charge >= 0.3 is 5.97 Å². The van der Waals surface area contributed by atoms with Crippen LogP contribution in [0.4, 0.5) is 0 Å². The molecule has 1 aliphatic heterocycles. The van der Waals surface area contributed by atoms with E-state index in [1.54, 1.807) is 0 Å². The van der Waals surface area contributed by atoms with Gasteiger partial charge in [0.2, 0.25) is 6.29 Å². The number of unbranched alkanes of at least 4 members (excludes halogenated alkanes) is 1. The zero-order chi connectivity index (χ0) is 11.1. The number of ether oxygens (including phenoxy) is 3. The molecular formula is C11H20O4. The molecule has 0 spiro atoms. The zero-order valence-corrected chi connectivity index (χ0v) is 9.53. The van der Waals surface area contributed by atoms with Crippen LogP contribution in [-0.2, 0) is 19.0 Å². The van der Waals surface area contributed by atoms with Crippen molar-refractivity contribution in [3.8, 4) is 0 Å². The van der Waals surface area contributed by atoms with Gasteiger partial charge < -0.3 is 14.2 Å². The van der Waals surface area contributed by atoms with Crippen molar-refractivity contribution in [2.75, 3.05) is 13.2 Å². The van der Waals surface area contributed by atoms with Gasteiger partial charge in [-0.3, -0.25) is 4.79 Å². The molecule has 4 nitrogen and oxygen atoms in total. The third-order valence-electron chi connectivity index (χ3n) is 2.34. The summed E-state index contributed by atoms with van der Waals surface area (Å²) in [4.78, 5) is 10.7. The Morgan fingerprint density at radius 1 is 1.47 bits per heavy atom. The van der Waals surface area contributed by atoms with Gasteiger partial charge in [0.15, 0.2) is 0 Å². The van der Waals surface area contributed by atoms with Crippen LogP contribution in [0.3, 0.4) is 0 Å². The fourth-order valence-corrected chi connectivity index (χ4v) is 1.51. The fourth-order valence-electron chi connectivity index (χ4n) is 1.51. The van der Waals surface area contributed by atoms with Crippen LogP contribution in [0.25, 0.3) is 0 Å². The van der Waals surface area contributed by atoms with E-state index in [-0.39, 0.29) is 18.4 Å². The van der Waals surface area contributed by atoms with Crippen LogP contribution in [0.1, 0.15) is 39.5 Å². The van der Waals surface area contributed by atoms with Crippen molar-refractivity contribution in [3.63, 3.8) is 0 Å². The summed E-state index contributed by atoms with van der Waals surface area (Å²) < 4.78 is 15.9. The molecule has 0 aromatic heterocycles. The highest BCUT2D eigenvalue weighted by Crippen LogP contribution is 2.17. The number of carbonyl (C=O) groups is 1.